The third-order valence-electron chi connectivity index (χ3n) is 5.77. The molecule has 4 aromatic rings. The third-order valence-corrected chi connectivity index (χ3v) is 9.46. The maximum atomic E-state index is 14.8. The molecule has 39 heavy (non-hydrogen) atoms. The second kappa shape index (κ2) is 11.6. The standard InChI is InChI=1S/C27H20ClF2N3O4S2/c28-20-5-8-22(9-6-20)38(34,35)27(24-15-21(29)7-10-25(24)30)26-11-4-19(16-32-26)17-33-39(36,37)23-3-1-2-18(14-23)12-13-31/h1-11,14-16,27,33H,12,17H2. The molecule has 1 heterocycles. The molecule has 0 spiro atoms. The zero-order valence-corrected chi connectivity index (χ0v) is 22.4. The van der Waals surface area contributed by atoms with Crippen molar-refractivity contribution in [3.05, 3.63) is 124 Å². The number of nitrogens with zero attached hydrogens (tertiary/aromatic N) is 2. The maximum absolute atomic E-state index is 14.8. The van der Waals surface area contributed by atoms with Crippen LogP contribution in [0.4, 0.5) is 8.78 Å². The van der Waals surface area contributed by atoms with E-state index in [-0.39, 0.29) is 28.5 Å². The van der Waals surface area contributed by atoms with Gasteiger partial charge in [0.15, 0.2) is 9.84 Å². The average Bonchev–Trinajstić information content (AvgIpc) is 2.91. The van der Waals surface area contributed by atoms with Crippen molar-refractivity contribution in [2.75, 3.05) is 0 Å². The first kappa shape index (κ1) is 28.3. The second-order valence-electron chi connectivity index (χ2n) is 8.44. The predicted molar refractivity (Wildman–Crippen MR) is 141 cm³/mol. The number of sulfone groups is 1. The van der Waals surface area contributed by atoms with Gasteiger partial charge in [-0.3, -0.25) is 4.98 Å². The third kappa shape index (κ3) is 6.49. The Morgan fingerprint density at radius 3 is 2.31 bits per heavy atom. The minimum atomic E-state index is -4.32. The molecule has 0 aliphatic rings. The van der Waals surface area contributed by atoms with Gasteiger partial charge < -0.3 is 0 Å². The lowest BCUT2D eigenvalue weighted by Crippen LogP contribution is -2.23. The molecule has 0 radical (unpaired) electrons. The molecule has 1 unspecified atom stereocenters. The number of benzene rings is 3. The van der Waals surface area contributed by atoms with Crippen LogP contribution < -0.4 is 4.72 Å². The second-order valence-corrected chi connectivity index (χ2v) is 12.7. The number of sulfonamides is 1. The van der Waals surface area contributed by atoms with Gasteiger partial charge in [0.2, 0.25) is 10.0 Å². The first-order chi connectivity index (χ1) is 18.5. The normalized spacial score (nSPS) is 12.6. The molecule has 200 valence electrons. The van der Waals surface area contributed by atoms with Crippen molar-refractivity contribution < 1.29 is 25.6 Å². The predicted octanol–water partition coefficient (Wildman–Crippen LogP) is 5.12. The van der Waals surface area contributed by atoms with Crippen LogP contribution in [0.1, 0.15) is 27.6 Å². The van der Waals surface area contributed by atoms with Crippen LogP contribution in [0.3, 0.4) is 0 Å². The van der Waals surface area contributed by atoms with E-state index in [0.29, 0.717) is 16.1 Å². The van der Waals surface area contributed by atoms with Gasteiger partial charge in [-0.05, 0) is 71.8 Å². The lowest BCUT2D eigenvalue weighted by Gasteiger charge is -2.19. The summed E-state index contributed by atoms with van der Waals surface area (Å²) in [5, 5.41) is 7.45. The van der Waals surface area contributed by atoms with E-state index < -0.39 is 42.3 Å². The lowest BCUT2D eigenvalue weighted by atomic mass is 10.1. The van der Waals surface area contributed by atoms with Crippen LogP contribution in [0, 0.1) is 23.0 Å². The number of pyridine rings is 1. The van der Waals surface area contributed by atoms with E-state index in [9.17, 15) is 25.6 Å². The summed E-state index contributed by atoms with van der Waals surface area (Å²) in [5.74, 6) is -1.76. The molecule has 12 heteroatoms. The number of aromatic nitrogens is 1. The fourth-order valence-electron chi connectivity index (χ4n) is 3.83. The minimum absolute atomic E-state index is 0.0180. The van der Waals surface area contributed by atoms with Crippen LogP contribution in [-0.2, 0) is 32.8 Å². The fraction of sp³-hybridized carbons (Fsp3) is 0.111. The van der Waals surface area contributed by atoms with E-state index in [4.69, 9.17) is 16.9 Å². The van der Waals surface area contributed by atoms with Crippen LogP contribution in [0.15, 0.2) is 94.9 Å². The first-order valence-corrected chi connectivity index (χ1v) is 14.8. The monoisotopic (exact) mass is 587 g/mol. The van der Waals surface area contributed by atoms with Gasteiger partial charge in [-0.2, -0.15) is 5.26 Å². The van der Waals surface area contributed by atoms with E-state index in [1.807, 2.05) is 6.07 Å². The Bertz CT molecular complexity index is 1760. The summed E-state index contributed by atoms with van der Waals surface area (Å²) in [6.45, 7) is -0.180. The molecule has 0 aliphatic carbocycles. The van der Waals surface area contributed by atoms with Crippen molar-refractivity contribution in [1.29, 1.82) is 5.26 Å². The smallest absolute Gasteiger partial charge is 0.240 e. The number of hydrogen-bond acceptors (Lipinski definition) is 6. The van der Waals surface area contributed by atoms with Gasteiger partial charge in [-0.15, -0.1) is 0 Å². The Kier molecular flexibility index (Phi) is 8.42. The summed E-state index contributed by atoms with van der Waals surface area (Å²) in [5.41, 5.74) is 0.412. The highest BCUT2D eigenvalue weighted by atomic mass is 35.5. The van der Waals surface area contributed by atoms with Gasteiger partial charge in [-0.1, -0.05) is 29.8 Å². The fourth-order valence-corrected chi connectivity index (χ4v) is 6.81. The van der Waals surface area contributed by atoms with E-state index in [1.165, 1.54) is 60.8 Å². The SMILES string of the molecule is N#CCc1cccc(S(=O)(=O)NCc2ccc(C(c3cc(F)ccc3F)S(=O)(=O)c3ccc(Cl)cc3)nc2)c1. The van der Waals surface area contributed by atoms with Crippen molar-refractivity contribution in [1.82, 2.24) is 9.71 Å². The summed E-state index contributed by atoms with van der Waals surface area (Å²) in [4.78, 5) is 4.00. The highest BCUT2D eigenvalue weighted by Gasteiger charge is 2.34. The molecular weight excluding hydrogens is 568 g/mol. The zero-order chi connectivity index (χ0) is 28.2. The Morgan fingerprint density at radius 1 is 0.897 bits per heavy atom. The summed E-state index contributed by atoms with van der Waals surface area (Å²) in [7, 11) is -8.25. The molecule has 0 amide bonds. The van der Waals surface area contributed by atoms with Crippen molar-refractivity contribution in [2.24, 2.45) is 0 Å². The Labute approximate surface area is 229 Å². The maximum Gasteiger partial charge on any atom is 0.240 e. The number of halogens is 3. The highest BCUT2D eigenvalue weighted by molar-refractivity contribution is 7.92. The molecule has 0 saturated carbocycles. The summed E-state index contributed by atoms with van der Waals surface area (Å²) >= 11 is 5.88. The molecule has 1 N–H and O–H groups in total. The quantitative estimate of drug-likeness (QED) is 0.290. The molecule has 0 aliphatic heterocycles. The van der Waals surface area contributed by atoms with Gasteiger partial charge in [0.1, 0.15) is 16.9 Å². The number of hydrogen-bond donors (Lipinski definition) is 1. The van der Waals surface area contributed by atoms with Crippen LogP contribution >= 0.6 is 11.6 Å². The van der Waals surface area contributed by atoms with Crippen LogP contribution in [-0.4, -0.2) is 21.8 Å². The highest BCUT2D eigenvalue weighted by Crippen LogP contribution is 2.36. The average molecular weight is 588 g/mol. The minimum Gasteiger partial charge on any atom is -0.259 e. The van der Waals surface area contributed by atoms with Crippen molar-refractivity contribution >= 4 is 31.5 Å². The molecule has 3 aromatic carbocycles. The number of nitriles is 1. The molecule has 1 atom stereocenters. The van der Waals surface area contributed by atoms with Gasteiger partial charge in [0.05, 0.1) is 28.0 Å². The molecule has 0 bridgehead atoms. The Balaban J connectivity index is 1.65. The summed E-state index contributed by atoms with van der Waals surface area (Å²) in [6, 6.07) is 18.5. The van der Waals surface area contributed by atoms with Crippen LogP contribution in [0.5, 0.6) is 0 Å². The Morgan fingerprint density at radius 2 is 1.64 bits per heavy atom. The molecule has 4 rings (SSSR count). The van der Waals surface area contributed by atoms with E-state index in [1.54, 1.807) is 6.07 Å². The molecular formula is C27H20ClF2N3O4S2. The largest absolute Gasteiger partial charge is 0.259 e. The topological polar surface area (TPSA) is 117 Å². The van der Waals surface area contributed by atoms with Crippen LogP contribution in [0.2, 0.25) is 5.02 Å². The molecule has 0 saturated heterocycles. The van der Waals surface area contributed by atoms with E-state index in [0.717, 1.165) is 18.2 Å². The molecule has 1 aromatic heterocycles. The van der Waals surface area contributed by atoms with Crippen molar-refractivity contribution in [2.45, 2.75) is 28.0 Å². The molecule has 0 fully saturated rings. The zero-order valence-electron chi connectivity index (χ0n) is 20.1. The van der Waals surface area contributed by atoms with Gasteiger partial charge in [0, 0.05) is 23.3 Å². The van der Waals surface area contributed by atoms with Gasteiger partial charge in [-0.25, -0.2) is 30.3 Å². The lowest BCUT2D eigenvalue weighted by molar-refractivity contribution is 0.568. The van der Waals surface area contributed by atoms with Crippen LogP contribution in [0.25, 0.3) is 0 Å². The number of rotatable bonds is 9. The summed E-state index contributed by atoms with van der Waals surface area (Å²) < 4.78 is 84.0. The molecule has 7 nitrogen and oxygen atoms in total. The van der Waals surface area contributed by atoms with Crippen molar-refractivity contribution in [3.8, 4) is 6.07 Å². The van der Waals surface area contributed by atoms with E-state index in [2.05, 4.69) is 9.71 Å². The first-order valence-electron chi connectivity index (χ1n) is 11.4. The summed E-state index contributed by atoms with van der Waals surface area (Å²) in [6.07, 6.45) is 1.31. The Hall–Kier alpha value is -3.69. The van der Waals surface area contributed by atoms with Gasteiger partial charge >= 0.3 is 0 Å². The van der Waals surface area contributed by atoms with Crippen molar-refractivity contribution in [3.63, 3.8) is 0 Å². The number of nitrogens with one attached hydrogen (secondary N) is 1. The van der Waals surface area contributed by atoms with E-state index >= 15 is 0 Å². The van der Waals surface area contributed by atoms with Gasteiger partial charge in [0.25, 0.3) is 0 Å².